The standard InChI is InChI=1S/C58H112N2O14/c1-4-6-8-10-12-14-16-18-19-20-21-22-23-24-25-26-27-28-30-32-34-36-38-40-49(65)60-45(51(66)46(64)39-37-35-33-31-29-17-15-13-11-9-7-5-2)43-71-58-55(70)54(69)56(48(42-62)73-58)74-57-50(59-44(3)63)53(68)52(67)47(41-61)72-57/h45-48,50-58,61-62,64,66-70H,4-43H2,1-3H3,(H,59,63)(H,60,65)/t45-,46+,47+,48+,50+,51-,52-,53+,54+,55+,56-,57-,58-/m0/s1. The molecule has 16 nitrogen and oxygen atoms in total. The van der Waals surface area contributed by atoms with Crippen LogP contribution in [0, 0.1) is 0 Å². The van der Waals surface area contributed by atoms with Gasteiger partial charge >= 0.3 is 0 Å². The van der Waals surface area contributed by atoms with Crippen LogP contribution in [0.25, 0.3) is 0 Å². The van der Waals surface area contributed by atoms with Crippen molar-refractivity contribution in [1.29, 1.82) is 0 Å². The number of aliphatic hydroxyl groups excluding tert-OH is 8. The third kappa shape index (κ3) is 30.0. The molecule has 2 rings (SSSR count). The molecule has 2 amide bonds. The van der Waals surface area contributed by atoms with E-state index in [1.54, 1.807) is 0 Å². The maximum Gasteiger partial charge on any atom is 0.220 e. The van der Waals surface area contributed by atoms with Crippen LogP contribution >= 0.6 is 0 Å². The predicted molar refractivity (Wildman–Crippen MR) is 290 cm³/mol. The van der Waals surface area contributed by atoms with Gasteiger partial charge in [0.1, 0.15) is 54.9 Å². The van der Waals surface area contributed by atoms with Gasteiger partial charge in [-0.2, -0.15) is 0 Å². The molecule has 2 saturated heterocycles. The number of aliphatic hydroxyl groups is 8. The quantitative estimate of drug-likeness (QED) is 0.0257. The Balaban J connectivity index is 1.82. The molecule has 438 valence electrons. The van der Waals surface area contributed by atoms with Gasteiger partial charge in [0.25, 0.3) is 0 Å². The molecule has 0 radical (unpaired) electrons. The lowest BCUT2D eigenvalue weighted by molar-refractivity contribution is -0.347. The summed E-state index contributed by atoms with van der Waals surface area (Å²) in [5.41, 5.74) is 0. The largest absolute Gasteiger partial charge is 0.394 e. The van der Waals surface area contributed by atoms with Crippen LogP contribution in [0.2, 0.25) is 0 Å². The molecule has 16 heteroatoms. The number of unbranched alkanes of at least 4 members (excludes halogenated alkanes) is 33. The van der Waals surface area contributed by atoms with E-state index in [4.69, 9.17) is 18.9 Å². The number of hydrogen-bond donors (Lipinski definition) is 10. The Hall–Kier alpha value is -1.54. The Morgan fingerprint density at radius 2 is 0.892 bits per heavy atom. The van der Waals surface area contributed by atoms with Crippen molar-refractivity contribution < 1.29 is 69.4 Å². The summed E-state index contributed by atoms with van der Waals surface area (Å²) in [6, 6.07) is -2.47. The second-order valence-corrected chi connectivity index (χ2v) is 22.0. The minimum Gasteiger partial charge on any atom is -0.394 e. The van der Waals surface area contributed by atoms with E-state index >= 15 is 0 Å². The minimum absolute atomic E-state index is 0.218. The van der Waals surface area contributed by atoms with Crippen molar-refractivity contribution in [3.8, 4) is 0 Å². The van der Waals surface area contributed by atoms with Gasteiger partial charge in [-0.05, 0) is 12.8 Å². The van der Waals surface area contributed by atoms with Crippen LogP contribution in [0.4, 0.5) is 0 Å². The summed E-state index contributed by atoms with van der Waals surface area (Å²) in [6.45, 7) is 3.79. The van der Waals surface area contributed by atoms with Crippen molar-refractivity contribution in [2.45, 2.75) is 338 Å². The Kier molecular flexibility index (Phi) is 41.1. The van der Waals surface area contributed by atoms with E-state index in [2.05, 4.69) is 24.5 Å². The number of carbonyl (C=O) groups is 2. The van der Waals surface area contributed by atoms with E-state index in [0.717, 1.165) is 38.5 Å². The number of nitrogens with one attached hydrogen (secondary N) is 2. The van der Waals surface area contributed by atoms with Gasteiger partial charge < -0.3 is 70.4 Å². The van der Waals surface area contributed by atoms with Crippen LogP contribution in [0.3, 0.4) is 0 Å². The summed E-state index contributed by atoms with van der Waals surface area (Å²) in [5, 5.41) is 91.6. The molecular weight excluding hydrogens is 949 g/mol. The summed E-state index contributed by atoms with van der Waals surface area (Å²) >= 11 is 0. The first-order chi connectivity index (χ1) is 35.9. The summed E-state index contributed by atoms with van der Waals surface area (Å²) in [4.78, 5) is 25.3. The van der Waals surface area contributed by atoms with Crippen LogP contribution in [-0.2, 0) is 28.5 Å². The monoisotopic (exact) mass is 1060 g/mol. The fourth-order valence-corrected chi connectivity index (χ4v) is 10.5. The van der Waals surface area contributed by atoms with Crippen molar-refractivity contribution in [3.63, 3.8) is 0 Å². The SMILES string of the molecule is CCCCCCCCCCCCCCCCCCCCCCCCCC(=O)N[C@@H](CO[C@H]1O[C@H](CO)[C@H](O[C@@H]2O[C@H](CO)[C@H](O)[C@H](O)[C@H]2NC(C)=O)[C@H](O)[C@H]1O)[C@H](O)[C@H](O)CCCCCCCCCCCCCC. The van der Waals surface area contributed by atoms with E-state index < -0.39 is 105 Å². The molecule has 74 heavy (non-hydrogen) atoms. The van der Waals surface area contributed by atoms with E-state index in [1.807, 2.05) is 0 Å². The van der Waals surface area contributed by atoms with E-state index in [1.165, 1.54) is 180 Å². The lowest BCUT2D eigenvalue weighted by Gasteiger charge is -2.47. The first-order valence-electron chi connectivity index (χ1n) is 30.3. The Morgan fingerprint density at radius 3 is 1.30 bits per heavy atom. The average Bonchev–Trinajstić information content (AvgIpc) is 3.39. The molecule has 0 aromatic heterocycles. The number of amides is 2. The molecule has 0 unspecified atom stereocenters. The molecule has 2 fully saturated rings. The number of ether oxygens (including phenoxy) is 4. The number of carbonyl (C=O) groups excluding carboxylic acids is 2. The van der Waals surface area contributed by atoms with Crippen molar-refractivity contribution in [3.05, 3.63) is 0 Å². The fraction of sp³-hybridized carbons (Fsp3) is 0.966. The summed E-state index contributed by atoms with van der Waals surface area (Å²) in [5.74, 6) is -0.919. The first-order valence-corrected chi connectivity index (χ1v) is 30.3. The maximum atomic E-state index is 13.3. The zero-order valence-corrected chi connectivity index (χ0v) is 46.8. The molecule has 2 aliphatic rings. The summed E-state index contributed by atoms with van der Waals surface area (Å²) < 4.78 is 23.3. The van der Waals surface area contributed by atoms with Crippen LogP contribution < -0.4 is 10.6 Å². The number of rotatable bonds is 48. The van der Waals surface area contributed by atoms with Crippen molar-refractivity contribution in [2.24, 2.45) is 0 Å². The second kappa shape index (κ2) is 44.3. The molecule has 2 aliphatic heterocycles. The smallest absolute Gasteiger partial charge is 0.220 e. The summed E-state index contributed by atoms with van der Waals surface area (Å²) in [7, 11) is 0. The third-order valence-electron chi connectivity index (χ3n) is 15.3. The minimum atomic E-state index is -1.80. The van der Waals surface area contributed by atoms with Crippen LogP contribution in [0.15, 0.2) is 0 Å². The Bertz CT molecular complexity index is 1330. The van der Waals surface area contributed by atoms with Gasteiger partial charge in [0.15, 0.2) is 12.6 Å². The molecule has 0 bridgehead atoms. The van der Waals surface area contributed by atoms with E-state index in [-0.39, 0.29) is 12.3 Å². The molecule has 2 heterocycles. The molecule has 0 saturated carbocycles. The normalized spacial score (nSPS) is 25.4. The highest BCUT2D eigenvalue weighted by Gasteiger charge is 2.51. The van der Waals surface area contributed by atoms with Crippen molar-refractivity contribution in [2.75, 3.05) is 19.8 Å². The van der Waals surface area contributed by atoms with E-state index in [9.17, 15) is 50.4 Å². The lowest BCUT2D eigenvalue weighted by Crippen LogP contribution is -2.67. The molecule has 0 aromatic rings. The van der Waals surface area contributed by atoms with Gasteiger partial charge in [-0.1, -0.05) is 232 Å². The molecule has 0 aromatic carbocycles. The second-order valence-electron chi connectivity index (χ2n) is 22.0. The van der Waals surface area contributed by atoms with E-state index in [0.29, 0.717) is 19.3 Å². The summed E-state index contributed by atoms with van der Waals surface area (Å²) in [6.07, 6.45) is 27.1. The van der Waals surface area contributed by atoms with Gasteiger partial charge in [-0.3, -0.25) is 9.59 Å². The van der Waals surface area contributed by atoms with Gasteiger partial charge in [0, 0.05) is 13.3 Å². The number of hydrogen-bond acceptors (Lipinski definition) is 14. The highest BCUT2D eigenvalue weighted by molar-refractivity contribution is 5.76. The van der Waals surface area contributed by atoms with Crippen molar-refractivity contribution in [1.82, 2.24) is 10.6 Å². The highest BCUT2D eigenvalue weighted by Crippen LogP contribution is 2.30. The molecule has 0 spiro atoms. The lowest BCUT2D eigenvalue weighted by atomic mass is 9.95. The van der Waals surface area contributed by atoms with Gasteiger partial charge in [0.2, 0.25) is 11.8 Å². The van der Waals surface area contributed by atoms with Crippen molar-refractivity contribution >= 4 is 11.8 Å². The zero-order valence-electron chi connectivity index (χ0n) is 46.8. The van der Waals surface area contributed by atoms with Gasteiger partial charge in [0.05, 0.1) is 32.0 Å². The molecule has 10 N–H and O–H groups in total. The molecular formula is C58H112N2O14. The van der Waals surface area contributed by atoms with Crippen LogP contribution in [0.5, 0.6) is 0 Å². The molecule has 0 aliphatic carbocycles. The fourth-order valence-electron chi connectivity index (χ4n) is 10.5. The van der Waals surface area contributed by atoms with Gasteiger partial charge in [-0.15, -0.1) is 0 Å². The maximum absolute atomic E-state index is 13.3. The third-order valence-corrected chi connectivity index (χ3v) is 15.3. The Morgan fingerprint density at radius 1 is 0.500 bits per heavy atom. The van der Waals surface area contributed by atoms with Crippen LogP contribution in [-0.4, -0.2) is 152 Å². The average molecular weight is 1060 g/mol. The van der Waals surface area contributed by atoms with Gasteiger partial charge in [-0.25, -0.2) is 0 Å². The topological polar surface area (TPSA) is 257 Å². The van der Waals surface area contributed by atoms with Crippen LogP contribution in [0.1, 0.15) is 258 Å². The predicted octanol–water partition coefficient (Wildman–Crippen LogP) is 8.45. The highest BCUT2D eigenvalue weighted by atomic mass is 16.7. The molecule has 13 atom stereocenters. The zero-order chi connectivity index (χ0) is 54.2. The Labute approximate surface area is 448 Å². The first kappa shape index (κ1) is 68.6.